The number of nitrogens with one attached hydrogen (secondary N) is 1. The molecule has 2 rings (SSSR count). The van der Waals surface area contributed by atoms with Gasteiger partial charge in [0.15, 0.2) is 11.6 Å². The minimum atomic E-state index is 0.389. The zero-order chi connectivity index (χ0) is 10.8. The summed E-state index contributed by atoms with van der Waals surface area (Å²) in [5.41, 5.74) is 1.07. The number of rotatable bonds is 4. The van der Waals surface area contributed by atoms with E-state index in [0.29, 0.717) is 6.10 Å². The topological polar surface area (TPSA) is 37.4 Å². The number of hydrogen-bond donors (Lipinski definition) is 1. The smallest absolute Gasteiger partial charge is 0.185 e. The predicted octanol–water partition coefficient (Wildman–Crippen LogP) is 1.73. The van der Waals surface area contributed by atoms with E-state index in [1.807, 2.05) is 32.1 Å². The average Bonchev–Trinajstić information content (AvgIpc) is 3.01. The maximum Gasteiger partial charge on any atom is 0.185 e. The van der Waals surface area contributed by atoms with Crippen LogP contribution in [0, 0.1) is 0 Å². The lowest BCUT2D eigenvalue weighted by molar-refractivity contribution is 0.304. The van der Waals surface area contributed by atoms with Gasteiger partial charge >= 0.3 is 0 Å². The molecule has 1 fully saturated rings. The lowest BCUT2D eigenvalue weighted by Crippen LogP contribution is -2.13. The second kappa shape index (κ2) is 3.96. The first-order chi connectivity index (χ1) is 7.22. The zero-order valence-electron chi connectivity index (χ0n) is 9.45. The van der Waals surface area contributed by atoms with Gasteiger partial charge in [-0.1, -0.05) is 0 Å². The van der Waals surface area contributed by atoms with Crippen LogP contribution >= 0.6 is 0 Å². The number of hydrogen-bond acceptors (Lipinski definition) is 4. The Kier molecular flexibility index (Phi) is 2.66. The molecule has 1 aromatic heterocycles. The molecule has 0 radical (unpaired) electrons. The Labute approximate surface area is 90.3 Å². The monoisotopic (exact) mass is 207 g/mol. The summed E-state index contributed by atoms with van der Waals surface area (Å²) in [6, 6.07) is 1.97. The van der Waals surface area contributed by atoms with E-state index < -0.39 is 0 Å². The fraction of sp³-hybridized carbons (Fsp3) is 0.545. The lowest BCUT2D eigenvalue weighted by atomic mass is 10.3. The second-order valence-electron chi connectivity index (χ2n) is 3.97. The molecule has 0 spiro atoms. The average molecular weight is 207 g/mol. The Hall–Kier alpha value is -1.45. The molecule has 4 heteroatoms. The molecule has 15 heavy (non-hydrogen) atoms. The molecule has 0 aromatic carbocycles. The quantitative estimate of drug-likeness (QED) is 0.816. The first-order valence-electron chi connectivity index (χ1n) is 5.23. The summed E-state index contributed by atoms with van der Waals surface area (Å²) >= 11 is 0. The highest BCUT2D eigenvalue weighted by Gasteiger charge is 2.26. The normalized spacial score (nSPS) is 14.9. The second-order valence-corrected chi connectivity index (χ2v) is 3.97. The molecular formula is C11H17N3O. The Morgan fingerprint density at radius 1 is 1.47 bits per heavy atom. The van der Waals surface area contributed by atoms with Gasteiger partial charge in [0.25, 0.3) is 0 Å². The molecule has 1 heterocycles. The van der Waals surface area contributed by atoms with Gasteiger partial charge in [-0.25, -0.2) is 4.98 Å². The number of ether oxygens (including phenoxy) is 1. The summed E-state index contributed by atoms with van der Waals surface area (Å²) in [5, 5.41) is 3.06. The maximum absolute atomic E-state index is 5.87. The van der Waals surface area contributed by atoms with Crippen molar-refractivity contribution in [2.75, 3.05) is 31.4 Å². The van der Waals surface area contributed by atoms with Crippen molar-refractivity contribution < 1.29 is 4.74 Å². The standard InChI is InChI=1S/C11H17N3O/c1-12-11-10(15-8-4-5-8)9(14(2)3)6-7-13-11/h6-8H,4-5H2,1-3H3,(H,12,13). The molecule has 0 aliphatic heterocycles. The van der Waals surface area contributed by atoms with Gasteiger partial charge in [-0.3, -0.25) is 0 Å². The van der Waals surface area contributed by atoms with Crippen molar-refractivity contribution in [2.24, 2.45) is 0 Å². The highest BCUT2D eigenvalue weighted by Crippen LogP contribution is 2.37. The van der Waals surface area contributed by atoms with Gasteiger partial charge in [-0.15, -0.1) is 0 Å². The summed E-state index contributed by atoms with van der Waals surface area (Å²) in [7, 11) is 5.88. The zero-order valence-corrected chi connectivity index (χ0v) is 9.45. The predicted molar refractivity (Wildman–Crippen MR) is 61.8 cm³/mol. The highest BCUT2D eigenvalue weighted by molar-refractivity contribution is 5.68. The van der Waals surface area contributed by atoms with Gasteiger partial charge in [0.05, 0.1) is 11.8 Å². The van der Waals surface area contributed by atoms with Crippen LogP contribution in [0.3, 0.4) is 0 Å². The molecule has 0 amide bonds. The van der Waals surface area contributed by atoms with Crippen molar-refractivity contribution in [3.8, 4) is 5.75 Å². The van der Waals surface area contributed by atoms with Gasteiger partial charge in [-0.05, 0) is 18.9 Å². The lowest BCUT2D eigenvalue weighted by Gasteiger charge is -2.19. The van der Waals surface area contributed by atoms with E-state index in [1.165, 1.54) is 0 Å². The van der Waals surface area contributed by atoms with Crippen LogP contribution in [0.5, 0.6) is 5.75 Å². The van der Waals surface area contributed by atoms with Gasteiger partial charge in [0.1, 0.15) is 0 Å². The summed E-state index contributed by atoms with van der Waals surface area (Å²) in [5.74, 6) is 1.68. The van der Waals surface area contributed by atoms with Crippen LogP contribution < -0.4 is 15.0 Å². The van der Waals surface area contributed by atoms with Crippen molar-refractivity contribution in [1.82, 2.24) is 4.98 Å². The van der Waals surface area contributed by atoms with Crippen molar-refractivity contribution in [2.45, 2.75) is 18.9 Å². The van der Waals surface area contributed by atoms with Crippen LogP contribution in [-0.2, 0) is 0 Å². The molecule has 82 valence electrons. The minimum Gasteiger partial charge on any atom is -0.484 e. The molecule has 1 aliphatic carbocycles. The largest absolute Gasteiger partial charge is 0.484 e. The summed E-state index contributed by atoms with van der Waals surface area (Å²) in [6.07, 6.45) is 4.50. The van der Waals surface area contributed by atoms with Crippen LogP contribution in [0.4, 0.5) is 11.5 Å². The third-order valence-electron chi connectivity index (χ3n) is 2.41. The van der Waals surface area contributed by atoms with Crippen LogP contribution in [0.15, 0.2) is 12.3 Å². The molecular weight excluding hydrogens is 190 g/mol. The molecule has 0 saturated heterocycles. The summed E-state index contributed by atoms with van der Waals surface area (Å²) in [4.78, 5) is 6.30. The van der Waals surface area contributed by atoms with E-state index in [9.17, 15) is 0 Å². The number of pyridine rings is 1. The molecule has 0 bridgehead atoms. The van der Waals surface area contributed by atoms with Gasteiger partial charge in [-0.2, -0.15) is 0 Å². The Morgan fingerprint density at radius 2 is 2.20 bits per heavy atom. The molecule has 1 aliphatic rings. The molecule has 0 unspecified atom stereocenters. The Balaban J connectivity index is 2.34. The Bertz CT molecular complexity index is 348. The van der Waals surface area contributed by atoms with Gasteiger partial charge < -0.3 is 15.0 Å². The van der Waals surface area contributed by atoms with Crippen LogP contribution in [-0.4, -0.2) is 32.2 Å². The van der Waals surface area contributed by atoms with Crippen LogP contribution in [0.1, 0.15) is 12.8 Å². The number of nitrogens with zero attached hydrogens (tertiary/aromatic N) is 2. The van der Waals surface area contributed by atoms with E-state index in [-0.39, 0.29) is 0 Å². The van der Waals surface area contributed by atoms with Crippen molar-refractivity contribution in [3.63, 3.8) is 0 Å². The van der Waals surface area contributed by atoms with Gasteiger partial charge in [0.2, 0.25) is 0 Å². The highest BCUT2D eigenvalue weighted by atomic mass is 16.5. The third-order valence-corrected chi connectivity index (χ3v) is 2.41. The number of aromatic nitrogens is 1. The SMILES string of the molecule is CNc1nccc(N(C)C)c1OC1CC1. The van der Waals surface area contributed by atoms with E-state index in [1.54, 1.807) is 6.20 Å². The molecule has 1 saturated carbocycles. The summed E-state index contributed by atoms with van der Waals surface area (Å²) < 4.78 is 5.87. The molecule has 4 nitrogen and oxygen atoms in total. The third kappa shape index (κ3) is 2.14. The van der Waals surface area contributed by atoms with Crippen LogP contribution in [0.25, 0.3) is 0 Å². The minimum absolute atomic E-state index is 0.389. The van der Waals surface area contributed by atoms with E-state index in [2.05, 4.69) is 10.3 Å². The van der Waals surface area contributed by atoms with E-state index in [4.69, 9.17) is 4.74 Å². The number of anilines is 2. The van der Waals surface area contributed by atoms with Crippen molar-refractivity contribution in [1.29, 1.82) is 0 Å². The van der Waals surface area contributed by atoms with Crippen LogP contribution in [0.2, 0.25) is 0 Å². The van der Waals surface area contributed by atoms with Crippen molar-refractivity contribution in [3.05, 3.63) is 12.3 Å². The maximum atomic E-state index is 5.87. The molecule has 1 N–H and O–H groups in total. The fourth-order valence-corrected chi connectivity index (χ4v) is 1.44. The first kappa shape index (κ1) is 10.1. The first-order valence-corrected chi connectivity index (χ1v) is 5.23. The summed E-state index contributed by atoms with van der Waals surface area (Å²) in [6.45, 7) is 0. The fourth-order valence-electron chi connectivity index (χ4n) is 1.44. The molecule has 0 atom stereocenters. The van der Waals surface area contributed by atoms with Gasteiger partial charge in [0, 0.05) is 27.3 Å². The Morgan fingerprint density at radius 3 is 2.73 bits per heavy atom. The molecule has 1 aromatic rings. The van der Waals surface area contributed by atoms with Crippen molar-refractivity contribution >= 4 is 11.5 Å². The van der Waals surface area contributed by atoms with E-state index in [0.717, 1.165) is 30.1 Å². The van der Waals surface area contributed by atoms with E-state index >= 15 is 0 Å².